The smallest absolute Gasteiger partial charge is 0.311 e. The van der Waals surface area contributed by atoms with E-state index >= 15 is 0 Å². The molecule has 0 radical (unpaired) electrons. The largest absolute Gasteiger partial charge is 0.466 e. The molecular formula is C15H28O4. The zero-order valence-electron chi connectivity index (χ0n) is 13.3. The fraction of sp³-hybridized carbons (Fsp3) is 0.733. The minimum atomic E-state index is -0.400. The first-order valence-corrected chi connectivity index (χ1v) is 6.42. The average molecular weight is 272 g/mol. The number of hydrogen-bond acceptors (Lipinski definition) is 4. The molecule has 0 heterocycles. The molecule has 0 aromatic carbocycles. The first-order valence-electron chi connectivity index (χ1n) is 6.42. The van der Waals surface area contributed by atoms with E-state index in [-0.39, 0.29) is 17.4 Å². The summed E-state index contributed by atoms with van der Waals surface area (Å²) in [6, 6.07) is 0. The predicted octanol–water partition coefficient (Wildman–Crippen LogP) is 3.36. The summed E-state index contributed by atoms with van der Waals surface area (Å²) in [4.78, 5) is 21.8. The normalized spacial score (nSPS) is 10.9. The number of hydrogen-bond donors (Lipinski definition) is 0. The summed E-state index contributed by atoms with van der Waals surface area (Å²) in [6.07, 6.45) is 1.56. The molecule has 0 spiro atoms. The molecule has 0 fully saturated rings. The van der Waals surface area contributed by atoms with Crippen LogP contribution in [0, 0.1) is 10.8 Å². The molecule has 0 aromatic rings. The van der Waals surface area contributed by atoms with Crippen LogP contribution in [-0.4, -0.2) is 25.2 Å². The molecule has 4 heteroatoms. The molecule has 0 aliphatic heterocycles. The molecule has 4 nitrogen and oxygen atoms in total. The van der Waals surface area contributed by atoms with Crippen molar-refractivity contribution in [3.63, 3.8) is 0 Å². The quantitative estimate of drug-likeness (QED) is 0.584. The summed E-state index contributed by atoms with van der Waals surface area (Å²) in [5, 5.41) is 0. The fourth-order valence-electron chi connectivity index (χ4n) is 0.699. The number of rotatable bonds is 3. The van der Waals surface area contributed by atoms with Crippen LogP contribution in [0.4, 0.5) is 0 Å². The Balaban J connectivity index is 0. The number of ether oxygens (including phenoxy) is 2. The van der Waals surface area contributed by atoms with Crippen molar-refractivity contribution in [1.29, 1.82) is 0 Å². The van der Waals surface area contributed by atoms with Gasteiger partial charge in [-0.15, -0.1) is 0 Å². The molecule has 0 N–H and O–H groups in total. The van der Waals surface area contributed by atoms with Gasteiger partial charge in [-0.05, 0) is 48.5 Å². The summed E-state index contributed by atoms with van der Waals surface area (Å²) >= 11 is 0. The zero-order valence-corrected chi connectivity index (χ0v) is 13.3. The molecule has 0 saturated heterocycles. The number of carbonyl (C=O) groups excluding carboxylic acids is 2. The van der Waals surface area contributed by atoms with Gasteiger partial charge in [0.2, 0.25) is 0 Å². The monoisotopic (exact) mass is 272 g/mol. The lowest BCUT2D eigenvalue weighted by molar-refractivity contribution is -0.152. The summed E-state index contributed by atoms with van der Waals surface area (Å²) in [7, 11) is 0. The van der Waals surface area contributed by atoms with E-state index in [0.29, 0.717) is 13.2 Å². The number of esters is 2. The van der Waals surface area contributed by atoms with E-state index in [1.54, 1.807) is 6.08 Å². The molecule has 0 atom stereocenters. The van der Waals surface area contributed by atoms with E-state index < -0.39 is 5.41 Å². The topological polar surface area (TPSA) is 52.6 Å². The van der Waals surface area contributed by atoms with Crippen LogP contribution in [0.15, 0.2) is 12.7 Å². The van der Waals surface area contributed by atoms with Gasteiger partial charge < -0.3 is 9.47 Å². The van der Waals surface area contributed by atoms with Crippen molar-refractivity contribution in [3.05, 3.63) is 12.7 Å². The predicted molar refractivity (Wildman–Crippen MR) is 76.7 cm³/mol. The van der Waals surface area contributed by atoms with Crippen LogP contribution in [0.1, 0.15) is 48.5 Å². The van der Waals surface area contributed by atoms with E-state index in [1.165, 1.54) is 0 Å². The first kappa shape index (κ1) is 20.0. The Morgan fingerprint density at radius 3 is 1.53 bits per heavy atom. The van der Waals surface area contributed by atoms with Gasteiger partial charge in [0.05, 0.1) is 17.4 Å². The molecule has 0 unspecified atom stereocenters. The number of carbonyl (C=O) groups is 2. The fourth-order valence-corrected chi connectivity index (χ4v) is 0.699. The van der Waals surface area contributed by atoms with Crippen LogP contribution in [0.3, 0.4) is 0 Å². The summed E-state index contributed by atoms with van der Waals surface area (Å²) in [5.74, 6) is -0.322. The minimum absolute atomic E-state index is 0.134. The van der Waals surface area contributed by atoms with Gasteiger partial charge in [0.1, 0.15) is 6.61 Å². The van der Waals surface area contributed by atoms with Crippen molar-refractivity contribution >= 4 is 11.9 Å². The molecular weight excluding hydrogens is 244 g/mol. The van der Waals surface area contributed by atoms with Gasteiger partial charge in [0.15, 0.2) is 0 Å². The van der Waals surface area contributed by atoms with Gasteiger partial charge in [-0.1, -0.05) is 12.7 Å². The van der Waals surface area contributed by atoms with Gasteiger partial charge in [-0.2, -0.15) is 0 Å². The van der Waals surface area contributed by atoms with Crippen LogP contribution in [0.2, 0.25) is 0 Å². The molecule has 19 heavy (non-hydrogen) atoms. The second-order valence-corrected chi connectivity index (χ2v) is 6.11. The van der Waals surface area contributed by atoms with Gasteiger partial charge in [-0.25, -0.2) is 0 Å². The van der Waals surface area contributed by atoms with E-state index in [9.17, 15) is 9.59 Å². The summed E-state index contributed by atoms with van der Waals surface area (Å²) in [6.45, 7) is 17.0. The highest BCUT2D eigenvalue weighted by Gasteiger charge is 2.22. The van der Waals surface area contributed by atoms with Crippen molar-refractivity contribution in [1.82, 2.24) is 0 Å². The summed E-state index contributed by atoms with van der Waals surface area (Å²) < 4.78 is 9.57. The van der Waals surface area contributed by atoms with Crippen LogP contribution >= 0.6 is 0 Å². The van der Waals surface area contributed by atoms with E-state index in [0.717, 1.165) is 0 Å². The lowest BCUT2D eigenvalue weighted by Crippen LogP contribution is -2.22. The molecule has 0 saturated carbocycles. The van der Waals surface area contributed by atoms with Gasteiger partial charge in [-0.3, -0.25) is 9.59 Å². The highest BCUT2D eigenvalue weighted by atomic mass is 16.5. The van der Waals surface area contributed by atoms with Crippen molar-refractivity contribution < 1.29 is 19.1 Å². The first-order chi connectivity index (χ1) is 8.46. The zero-order chi connectivity index (χ0) is 15.7. The maximum absolute atomic E-state index is 11.0. The highest BCUT2D eigenvalue weighted by molar-refractivity contribution is 5.75. The summed E-state index contributed by atoms with van der Waals surface area (Å²) in [5.41, 5.74) is -0.751. The molecule has 0 aliphatic carbocycles. The lowest BCUT2D eigenvalue weighted by Gasteiger charge is -2.15. The van der Waals surface area contributed by atoms with Gasteiger partial charge in [0.25, 0.3) is 0 Å². The maximum atomic E-state index is 11.0. The Kier molecular flexibility index (Phi) is 9.19. The lowest BCUT2D eigenvalue weighted by atomic mass is 9.97. The molecule has 0 bridgehead atoms. The Labute approximate surface area is 117 Å². The third kappa shape index (κ3) is 11.5. The van der Waals surface area contributed by atoms with Crippen molar-refractivity contribution in [2.45, 2.75) is 48.5 Å². The molecule has 0 aromatic heterocycles. The third-order valence-electron chi connectivity index (χ3n) is 1.83. The Bertz CT molecular complexity index is 292. The molecule has 112 valence electrons. The minimum Gasteiger partial charge on any atom is -0.466 e. The molecule has 0 amide bonds. The third-order valence-corrected chi connectivity index (χ3v) is 1.83. The second-order valence-electron chi connectivity index (χ2n) is 6.11. The van der Waals surface area contributed by atoms with Crippen molar-refractivity contribution in [2.24, 2.45) is 10.8 Å². The van der Waals surface area contributed by atoms with Crippen LogP contribution in [-0.2, 0) is 19.1 Å². The Morgan fingerprint density at radius 1 is 0.947 bits per heavy atom. The molecule has 0 aliphatic rings. The molecule has 0 rings (SSSR count). The maximum Gasteiger partial charge on any atom is 0.311 e. The van der Waals surface area contributed by atoms with Crippen molar-refractivity contribution in [2.75, 3.05) is 13.2 Å². The van der Waals surface area contributed by atoms with Gasteiger partial charge in [0, 0.05) is 0 Å². The second kappa shape index (κ2) is 8.73. The van der Waals surface area contributed by atoms with Crippen LogP contribution < -0.4 is 0 Å². The standard InChI is InChI=1S/C8H14O2.C7H14O2/c1-5-6-10-7(9)8(2,3)4;1-5-9-6(8)7(2,3)4/h5H,1,6H2,2-4H3;5H2,1-4H3. The van der Waals surface area contributed by atoms with Crippen LogP contribution in [0.25, 0.3) is 0 Å². The highest BCUT2D eigenvalue weighted by Crippen LogP contribution is 2.15. The van der Waals surface area contributed by atoms with E-state index in [1.807, 2.05) is 48.5 Å². The van der Waals surface area contributed by atoms with Crippen molar-refractivity contribution in [3.8, 4) is 0 Å². The van der Waals surface area contributed by atoms with Crippen LogP contribution in [0.5, 0.6) is 0 Å². The SMILES string of the molecule is C=CCOC(=O)C(C)(C)C.CCOC(=O)C(C)(C)C. The average Bonchev–Trinajstić information content (AvgIpc) is 2.24. The Hall–Kier alpha value is -1.32. The van der Waals surface area contributed by atoms with Gasteiger partial charge >= 0.3 is 11.9 Å². The Morgan fingerprint density at radius 2 is 1.32 bits per heavy atom. The van der Waals surface area contributed by atoms with E-state index in [2.05, 4.69) is 6.58 Å². The van der Waals surface area contributed by atoms with E-state index in [4.69, 9.17) is 9.47 Å².